The highest BCUT2D eigenvalue weighted by atomic mass is 16.5. The smallest absolute Gasteiger partial charge is 0.407 e. The Hall–Kier alpha value is -1.85. The van der Waals surface area contributed by atoms with Gasteiger partial charge in [-0.2, -0.15) is 0 Å². The molecule has 1 unspecified atom stereocenters. The molecule has 3 heterocycles. The fraction of sp³-hybridized carbons (Fsp3) is 0.640. The Morgan fingerprint density at radius 1 is 1.10 bits per heavy atom. The Kier molecular flexibility index (Phi) is 5.59. The minimum atomic E-state index is -0.751. The Labute approximate surface area is 179 Å². The summed E-state index contributed by atoms with van der Waals surface area (Å²) < 4.78 is 5.51. The van der Waals surface area contributed by atoms with Crippen LogP contribution in [0.3, 0.4) is 0 Å². The average molecular weight is 411 g/mol. The van der Waals surface area contributed by atoms with Crippen molar-refractivity contribution in [2.75, 3.05) is 39.4 Å². The molecule has 5 nitrogen and oxygen atoms in total. The lowest BCUT2D eigenvalue weighted by Gasteiger charge is -2.47. The van der Waals surface area contributed by atoms with E-state index in [1.165, 1.54) is 61.9 Å². The van der Waals surface area contributed by atoms with Crippen LogP contribution in [0.2, 0.25) is 0 Å². The second-order valence-corrected chi connectivity index (χ2v) is 9.89. The summed E-state index contributed by atoms with van der Waals surface area (Å²) in [5, 5.41) is 9.16. The molecule has 1 aliphatic carbocycles. The lowest BCUT2D eigenvalue weighted by molar-refractivity contribution is 0.00814. The molecule has 1 spiro atoms. The number of benzene rings is 1. The highest BCUT2D eigenvalue weighted by Gasteiger charge is 2.50. The van der Waals surface area contributed by atoms with Crippen molar-refractivity contribution < 1.29 is 14.6 Å². The molecular formula is C25H34N2O3. The van der Waals surface area contributed by atoms with Crippen LogP contribution in [-0.2, 0) is 4.74 Å². The first kappa shape index (κ1) is 20.1. The maximum atomic E-state index is 11.1. The topological polar surface area (TPSA) is 53.0 Å². The number of piperidine rings is 1. The molecule has 3 aliphatic heterocycles. The molecule has 1 aromatic rings. The van der Waals surface area contributed by atoms with Gasteiger partial charge >= 0.3 is 6.09 Å². The molecule has 1 saturated carbocycles. The largest absolute Gasteiger partial charge is 0.465 e. The van der Waals surface area contributed by atoms with Crippen LogP contribution in [0.4, 0.5) is 4.79 Å². The van der Waals surface area contributed by atoms with Crippen LogP contribution in [0.1, 0.15) is 62.0 Å². The van der Waals surface area contributed by atoms with Crippen molar-refractivity contribution in [1.29, 1.82) is 0 Å². The number of carbonyl (C=O) groups is 1. The van der Waals surface area contributed by atoms with Gasteiger partial charge in [0.1, 0.15) is 0 Å². The number of hydrogen-bond donors (Lipinski definition) is 1. The molecule has 1 atom stereocenters. The van der Waals surface area contributed by atoms with Crippen molar-refractivity contribution in [3.8, 4) is 0 Å². The van der Waals surface area contributed by atoms with E-state index in [1.54, 1.807) is 4.90 Å². The van der Waals surface area contributed by atoms with Crippen molar-refractivity contribution in [3.63, 3.8) is 0 Å². The van der Waals surface area contributed by atoms with Crippen LogP contribution >= 0.6 is 0 Å². The molecular weight excluding hydrogens is 376 g/mol. The SMILES string of the molecule is O=C(O)N1CC2(CCC(N3CCC(c4ccccc4C=C4CCOCC4)CC3)C2)C1. The monoisotopic (exact) mass is 410 g/mol. The minimum absolute atomic E-state index is 0.280. The van der Waals surface area contributed by atoms with Gasteiger partial charge in [0, 0.05) is 24.5 Å². The number of rotatable bonds is 3. The van der Waals surface area contributed by atoms with Crippen molar-refractivity contribution >= 4 is 12.2 Å². The van der Waals surface area contributed by atoms with Gasteiger partial charge in [-0.3, -0.25) is 0 Å². The first-order valence-electron chi connectivity index (χ1n) is 11.7. The predicted molar refractivity (Wildman–Crippen MR) is 118 cm³/mol. The number of amides is 1. The summed E-state index contributed by atoms with van der Waals surface area (Å²) >= 11 is 0. The molecule has 4 fully saturated rings. The lowest BCUT2D eigenvalue weighted by atomic mass is 9.78. The normalized spacial score (nSPS) is 27.3. The molecule has 5 heteroatoms. The van der Waals surface area contributed by atoms with E-state index in [-0.39, 0.29) is 5.41 Å². The van der Waals surface area contributed by atoms with Gasteiger partial charge in [0.2, 0.25) is 0 Å². The maximum absolute atomic E-state index is 11.1. The van der Waals surface area contributed by atoms with Gasteiger partial charge in [0.25, 0.3) is 0 Å². The Morgan fingerprint density at radius 2 is 1.83 bits per heavy atom. The van der Waals surface area contributed by atoms with Crippen LogP contribution in [-0.4, -0.2) is 66.4 Å². The third kappa shape index (κ3) is 4.02. The van der Waals surface area contributed by atoms with E-state index < -0.39 is 6.09 Å². The third-order valence-electron chi connectivity index (χ3n) is 7.98. The quantitative estimate of drug-likeness (QED) is 0.792. The summed E-state index contributed by atoms with van der Waals surface area (Å²) in [6.07, 6.45) is 9.89. The zero-order valence-corrected chi connectivity index (χ0v) is 17.9. The molecule has 1 aromatic carbocycles. The Bertz CT molecular complexity index is 798. The summed E-state index contributed by atoms with van der Waals surface area (Å²) in [7, 11) is 0. The molecule has 1 N–H and O–H groups in total. The van der Waals surface area contributed by atoms with E-state index in [0.717, 1.165) is 39.1 Å². The molecule has 0 aromatic heterocycles. The number of ether oxygens (including phenoxy) is 1. The van der Waals surface area contributed by atoms with E-state index in [2.05, 4.69) is 35.2 Å². The average Bonchev–Trinajstić information content (AvgIpc) is 3.20. The fourth-order valence-corrected chi connectivity index (χ4v) is 6.26. The molecule has 3 saturated heterocycles. The summed E-state index contributed by atoms with van der Waals surface area (Å²) in [6, 6.07) is 9.64. The van der Waals surface area contributed by atoms with Gasteiger partial charge in [0.15, 0.2) is 0 Å². The second kappa shape index (κ2) is 8.35. The Balaban J connectivity index is 1.19. The van der Waals surface area contributed by atoms with Gasteiger partial charge in [0.05, 0.1) is 13.2 Å². The summed E-state index contributed by atoms with van der Waals surface area (Å²) in [5.74, 6) is 0.649. The zero-order valence-electron chi connectivity index (χ0n) is 17.9. The van der Waals surface area contributed by atoms with Gasteiger partial charge < -0.3 is 19.6 Å². The molecule has 5 rings (SSSR count). The molecule has 162 valence electrons. The Morgan fingerprint density at radius 3 is 2.57 bits per heavy atom. The van der Waals surface area contributed by atoms with E-state index in [0.29, 0.717) is 12.0 Å². The van der Waals surface area contributed by atoms with E-state index in [9.17, 15) is 4.79 Å². The fourth-order valence-electron chi connectivity index (χ4n) is 6.26. The molecule has 1 amide bonds. The standard InChI is InChI=1S/C25H34N2O3/c28-24(29)27-17-25(18-27)10-5-22(16-25)26-11-6-20(7-12-26)23-4-2-1-3-21(23)15-19-8-13-30-14-9-19/h1-4,15,20,22H,5-14,16-18H2,(H,28,29). The van der Waals surface area contributed by atoms with Crippen LogP contribution in [0.5, 0.6) is 0 Å². The first-order valence-corrected chi connectivity index (χ1v) is 11.7. The van der Waals surface area contributed by atoms with Crippen LogP contribution < -0.4 is 0 Å². The number of likely N-dealkylation sites (tertiary alicyclic amines) is 2. The second-order valence-electron chi connectivity index (χ2n) is 9.89. The van der Waals surface area contributed by atoms with Gasteiger partial charge in [-0.25, -0.2) is 4.79 Å². The highest BCUT2D eigenvalue weighted by Crippen LogP contribution is 2.48. The van der Waals surface area contributed by atoms with E-state index in [1.807, 2.05) is 0 Å². The predicted octanol–water partition coefficient (Wildman–Crippen LogP) is 4.59. The minimum Gasteiger partial charge on any atom is -0.465 e. The maximum Gasteiger partial charge on any atom is 0.407 e. The van der Waals surface area contributed by atoms with Crippen LogP contribution in [0, 0.1) is 5.41 Å². The number of nitrogens with zero attached hydrogens (tertiary/aromatic N) is 2. The molecule has 30 heavy (non-hydrogen) atoms. The van der Waals surface area contributed by atoms with Crippen molar-refractivity contribution in [3.05, 3.63) is 41.0 Å². The summed E-state index contributed by atoms with van der Waals surface area (Å²) in [5.41, 5.74) is 4.74. The summed E-state index contributed by atoms with van der Waals surface area (Å²) in [6.45, 7) is 5.57. The summed E-state index contributed by atoms with van der Waals surface area (Å²) in [4.78, 5) is 15.4. The first-order chi connectivity index (χ1) is 14.6. The number of hydrogen-bond acceptors (Lipinski definition) is 3. The van der Waals surface area contributed by atoms with Crippen molar-refractivity contribution in [2.45, 2.75) is 56.9 Å². The van der Waals surface area contributed by atoms with Crippen LogP contribution in [0.15, 0.2) is 29.8 Å². The van der Waals surface area contributed by atoms with E-state index >= 15 is 0 Å². The zero-order chi connectivity index (χ0) is 20.6. The van der Waals surface area contributed by atoms with Crippen LogP contribution in [0.25, 0.3) is 6.08 Å². The third-order valence-corrected chi connectivity index (χ3v) is 7.98. The van der Waals surface area contributed by atoms with Crippen molar-refractivity contribution in [2.24, 2.45) is 5.41 Å². The number of carboxylic acid groups (broad SMARTS) is 1. The molecule has 0 bridgehead atoms. The molecule has 0 radical (unpaired) electrons. The van der Waals surface area contributed by atoms with Gasteiger partial charge in [-0.15, -0.1) is 0 Å². The van der Waals surface area contributed by atoms with Gasteiger partial charge in [-0.05, 0) is 75.1 Å². The lowest BCUT2D eigenvalue weighted by Crippen LogP contribution is -2.57. The van der Waals surface area contributed by atoms with Crippen molar-refractivity contribution in [1.82, 2.24) is 9.80 Å². The van der Waals surface area contributed by atoms with E-state index in [4.69, 9.17) is 9.84 Å². The van der Waals surface area contributed by atoms with Gasteiger partial charge in [-0.1, -0.05) is 35.9 Å². The highest BCUT2D eigenvalue weighted by molar-refractivity contribution is 5.66. The molecule has 4 aliphatic rings.